The number of aromatic nitrogens is 2. The molecule has 0 saturated carbocycles. The predicted molar refractivity (Wildman–Crippen MR) is 76.3 cm³/mol. The van der Waals surface area contributed by atoms with Gasteiger partial charge in [-0.25, -0.2) is 0 Å². The molecule has 1 aromatic rings. The largest absolute Gasteiger partial charge is 0.389 e. The lowest BCUT2D eigenvalue weighted by molar-refractivity contribution is -0.136. The maximum atomic E-state index is 12.4. The Hall–Kier alpha value is -1.40. The fourth-order valence-corrected chi connectivity index (χ4v) is 2.56. The highest BCUT2D eigenvalue weighted by molar-refractivity contribution is 5.80. The minimum atomic E-state index is -0.686. The highest BCUT2D eigenvalue weighted by atomic mass is 16.3. The molecule has 2 heterocycles. The average molecular weight is 280 g/mol. The van der Waals surface area contributed by atoms with Crippen LogP contribution in [0.5, 0.6) is 0 Å². The van der Waals surface area contributed by atoms with Crippen LogP contribution in [0.25, 0.3) is 0 Å². The van der Waals surface area contributed by atoms with Gasteiger partial charge < -0.3 is 10.0 Å². The van der Waals surface area contributed by atoms with Gasteiger partial charge in [0.25, 0.3) is 0 Å². The number of amides is 1. The molecule has 2 rings (SSSR count). The Labute approximate surface area is 120 Å². The SMILES string of the molecule is CC(C(=O)N1CCN(CC(C)(C)O)CC1)n1cccn1. The van der Waals surface area contributed by atoms with Crippen molar-refractivity contribution in [3.05, 3.63) is 18.5 Å². The van der Waals surface area contributed by atoms with Crippen LogP contribution in [0.15, 0.2) is 18.5 Å². The van der Waals surface area contributed by atoms with Gasteiger partial charge in [0.1, 0.15) is 6.04 Å². The van der Waals surface area contributed by atoms with Gasteiger partial charge in [0.2, 0.25) is 5.91 Å². The highest BCUT2D eigenvalue weighted by Crippen LogP contribution is 2.13. The van der Waals surface area contributed by atoms with E-state index in [0.29, 0.717) is 19.6 Å². The zero-order valence-electron chi connectivity index (χ0n) is 12.5. The van der Waals surface area contributed by atoms with Crippen molar-refractivity contribution in [3.8, 4) is 0 Å². The molecule has 1 amide bonds. The second-order valence-electron chi connectivity index (χ2n) is 6.08. The zero-order chi connectivity index (χ0) is 14.8. The molecule has 0 spiro atoms. The molecule has 20 heavy (non-hydrogen) atoms. The quantitative estimate of drug-likeness (QED) is 0.865. The monoisotopic (exact) mass is 280 g/mol. The van der Waals surface area contributed by atoms with E-state index in [0.717, 1.165) is 13.1 Å². The maximum Gasteiger partial charge on any atom is 0.247 e. The van der Waals surface area contributed by atoms with Crippen LogP contribution < -0.4 is 0 Å². The van der Waals surface area contributed by atoms with Crippen molar-refractivity contribution in [3.63, 3.8) is 0 Å². The van der Waals surface area contributed by atoms with E-state index in [2.05, 4.69) is 10.00 Å². The van der Waals surface area contributed by atoms with Crippen molar-refractivity contribution >= 4 is 5.91 Å². The number of carbonyl (C=O) groups excluding carboxylic acids is 1. The number of rotatable bonds is 4. The van der Waals surface area contributed by atoms with E-state index >= 15 is 0 Å². The number of piperazine rings is 1. The lowest BCUT2D eigenvalue weighted by Gasteiger charge is -2.38. The van der Waals surface area contributed by atoms with Gasteiger partial charge in [-0.05, 0) is 26.8 Å². The molecule has 6 heteroatoms. The Balaban J connectivity index is 1.86. The van der Waals surface area contributed by atoms with Crippen LogP contribution in [0.1, 0.15) is 26.8 Å². The molecule has 1 aliphatic heterocycles. The molecule has 1 aromatic heterocycles. The third-order valence-corrected chi connectivity index (χ3v) is 3.57. The van der Waals surface area contributed by atoms with Crippen LogP contribution in [0.4, 0.5) is 0 Å². The van der Waals surface area contributed by atoms with Crippen molar-refractivity contribution in [1.82, 2.24) is 19.6 Å². The summed E-state index contributed by atoms with van der Waals surface area (Å²) in [5.74, 6) is 0.108. The molecule has 0 bridgehead atoms. The molecule has 1 saturated heterocycles. The van der Waals surface area contributed by atoms with Crippen molar-refractivity contribution in [2.45, 2.75) is 32.4 Å². The zero-order valence-corrected chi connectivity index (χ0v) is 12.5. The maximum absolute atomic E-state index is 12.4. The normalized spacial score (nSPS) is 19.1. The Morgan fingerprint density at radius 1 is 1.35 bits per heavy atom. The van der Waals surface area contributed by atoms with E-state index in [1.54, 1.807) is 10.9 Å². The van der Waals surface area contributed by atoms with Crippen LogP contribution in [-0.2, 0) is 4.79 Å². The fraction of sp³-hybridized carbons (Fsp3) is 0.714. The number of β-amino-alcohol motifs (C(OH)–C–C–N with tert-alkyl or cyclic N) is 1. The smallest absolute Gasteiger partial charge is 0.247 e. The van der Waals surface area contributed by atoms with Crippen LogP contribution in [0, 0.1) is 0 Å². The van der Waals surface area contributed by atoms with Crippen LogP contribution >= 0.6 is 0 Å². The average Bonchev–Trinajstić information content (AvgIpc) is 2.90. The Bertz CT molecular complexity index is 431. The second-order valence-corrected chi connectivity index (χ2v) is 6.08. The lowest BCUT2D eigenvalue weighted by atomic mass is 10.1. The number of hydrogen-bond acceptors (Lipinski definition) is 4. The standard InChI is InChI=1S/C14H24N4O2/c1-12(18-6-4-5-15-18)13(19)17-9-7-16(8-10-17)11-14(2,3)20/h4-6,12,20H,7-11H2,1-3H3. The first kappa shape index (κ1) is 15.0. The third kappa shape index (κ3) is 3.80. The van der Waals surface area contributed by atoms with Gasteiger partial charge in [0.05, 0.1) is 5.60 Å². The number of hydrogen-bond donors (Lipinski definition) is 1. The molecule has 1 aliphatic rings. The van der Waals surface area contributed by atoms with E-state index in [4.69, 9.17) is 0 Å². The summed E-state index contributed by atoms with van der Waals surface area (Å²) in [4.78, 5) is 16.5. The highest BCUT2D eigenvalue weighted by Gasteiger charge is 2.27. The first-order chi connectivity index (χ1) is 9.37. The summed E-state index contributed by atoms with van der Waals surface area (Å²) in [6.07, 6.45) is 3.50. The summed E-state index contributed by atoms with van der Waals surface area (Å²) in [6.45, 7) is 9.17. The molecule has 0 radical (unpaired) electrons. The van der Waals surface area contributed by atoms with Gasteiger partial charge >= 0.3 is 0 Å². The van der Waals surface area contributed by atoms with Crippen LogP contribution in [0.3, 0.4) is 0 Å². The van der Waals surface area contributed by atoms with Crippen molar-refractivity contribution in [2.75, 3.05) is 32.7 Å². The Morgan fingerprint density at radius 2 is 2.00 bits per heavy atom. The first-order valence-corrected chi connectivity index (χ1v) is 7.09. The molecule has 1 atom stereocenters. The van der Waals surface area contributed by atoms with E-state index in [1.807, 2.05) is 37.9 Å². The Morgan fingerprint density at radius 3 is 2.50 bits per heavy atom. The summed E-state index contributed by atoms with van der Waals surface area (Å²) in [7, 11) is 0. The second kappa shape index (κ2) is 5.93. The molecule has 6 nitrogen and oxygen atoms in total. The molecule has 1 fully saturated rings. The molecular weight excluding hydrogens is 256 g/mol. The molecule has 0 aromatic carbocycles. The predicted octanol–water partition coefficient (Wildman–Crippen LogP) is 0.359. The number of nitrogens with zero attached hydrogens (tertiary/aromatic N) is 4. The lowest BCUT2D eigenvalue weighted by Crippen LogP contribution is -2.53. The number of carbonyl (C=O) groups is 1. The summed E-state index contributed by atoms with van der Waals surface area (Å²) >= 11 is 0. The first-order valence-electron chi connectivity index (χ1n) is 7.09. The third-order valence-electron chi connectivity index (χ3n) is 3.57. The van der Waals surface area contributed by atoms with Crippen molar-refractivity contribution < 1.29 is 9.90 Å². The van der Waals surface area contributed by atoms with Gasteiger partial charge in [-0.1, -0.05) is 0 Å². The van der Waals surface area contributed by atoms with E-state index in [-0.39, 0.29) is 11.9 Å². The van der Waals surface area contributed by atoms with Gasteiger partial charge in [-0.15, -0.1) is 0 Å². The van der Waals surface area contributed by atoms with Gasteiger partial charge in [-0.2, -0.15) is 5.10 Å². The molecule has 1 N–H and O–H groups in total. The minimum absolute atomic E-state index is 0.108. The van der Waals surface area contributed by atoms with E-state index in [1.165, 1.54) is 0 Å². The molecular formula is C14H24N4O2. The van der Waals surface area contributed by atoms with Crippen LogP contribution in [0.2, 0.25) is 0 Å². The molecule has 112 valence electrons. The summed E-state index contributed by atoms with van der Waals surface area (Å²) in [5, 5.41) is 13.9. The van der Waals surface area contributed by atoms with Gasteiger partial charge in [0.15, 0.2) is 0 Å². The van der Waals surface area contributed by atoms with Crippen molar-refractivity contribution in [1.29, 1.82) is 0 Å². The van der Waals surface area contributed by atoms with E-state index in [9.17, 15) is 9.90 Å². The summed E-state index contributed by atoms with van der Waals surface area (Å²) < 4.78 is 1.69. The topological polar surface area (TPSA) is 61.6 Å². The van der Waals surface area contributed by atoms with Crippen molar-refractivity contribution in [2.24, 2.45) is 0 Å². The minimum Gasteiger partial charge on any atom is -0.389 e. The van der Waals surface area contributed by atoms with Gasteiger partial charge in [-0.3, -0.25) is 14.4 Å². The molecule has 0 aliphatic carbocycles. The molecule has 1 unspecified atom stereocenters. The van der Waals surface area contributed by atoms with Gasteiger partial charge in [0, 0.05) is 45.1 Å². The van der Waals surface area contributed by atoms with Crippen LogP contribution in [-0.4, -0.2) is 68.9 Å². The summed E-state index contributed by atoms with van der Waals surface area (Å²) in [5.41, 5.74) is -0.686. The van der Waals surface area contributed by atoms with E-state index < -0.39 is 5.60 Å². The fourth-order valence-electron chi connectivity index (χ4n) is 2.56. The Kier molecular flexibility index (Phi) is 4.45. The number of aliphatic hydroxyl groups is 1. The summed E-state index contributed by atoms with van der Waals surface area (Å²) in [6, 6.07) is 1.57.